The average molecular weight is 391 g/mol. The summed E-state index contributed by atoms with van der Waals surface area (Å²) in [4.78, 5) is 26.3. The lowest BCUT2D eigenvalue weighted by molar-refractivity contribution is -0.155. The number of hydrogen-bond donors (Lipinski definition) is 0. The lowest BCUT2D eigenvalue weighted by Gasteiger charge is -2.51. The third kappa shape index (κ3) is 3.22. The zero-order valence-corrected chi connectivity index (χ0v) is 18.3. The highest BCUT2D eigenvalue weighted by Crippen LogP contribution is 2.64. The Bertz CT molecular complexity index is 690. The number of Topliss-reactive ketones (excluding diaryl/α,β-unsaturated/α-hetero) is 1. The Kier molecular flexibility index (Phi) is 5.96. The van der Waals surface area contributed by atoms with Crippen molar-refractivity contribution in [3.8, 4) is 0 Å². The first kappa shape index (κ1) is 20.7. The number of allylic oxidation sites excluding steroid dienone is 2. The van der Waals surface area contributed by atoms with E-state index in [1.807, 2.05) is 0 Å². The summed E-state index contributed by atoms with van der Waals surface area (Å²) in [5.41, 5.74) is 2.86. The van der Waals surface area contributed by atoms with E-state index in [9.17, 15) is 9.59 Å². The van der Waals surface area contributed by atoms with Crippen molar-refractivity contribution < 1.29 is 14.3 Å². The van der Waals surface area contributed by atoms with Gasteiger partial charge >= 0.3 is 5.97 Å². The minimum absolute atomic E-state index is 0.0810. The molecule has 0 aromatic carbocycles. The first-order chi connectivity index (χ1) is 12.8. The minimum atomic E-state index is -0.475. The molecule has 4 heteroatoms. The first-order valence-corrected chi connectivity index (χ1v) is 11.5. The second kappa shape index (κ2) is 7.77. The van der Waals surface area contributed by atoms with E-state index in [-0.39, 0.29) is 17.3 Å². The van der Waals surface area contributed by atoms with E-state index in [0.717, 1.165) is 56.3 Å². The van der Waals surface area contributed by atoms with E-state index < -0.39 is 5.41 Å². The number of thioether (sulfide) groups is 1. The lowest BCUT2D eigenvalue weighted by Crippen LogP contribution is -2.51. The van der Waals surface area contributed by atoms with Gasteiger partial charge in [0, 0.05) is 11.0 Å². The number of rotatable bonds is 5. The zero-order valence-electron chi connectivity index (χ0n) is 17.5. The molecule has 0 aromatic heterocycles. The topological polar surface area (TPSA) is 43.4 Å². The van der Waals surface area contributed by atoms with Crippen LogP contribution in [0.2, 0.25) is 0 Å². The van der Waals surface area contributed by atoms with Crippen LogP contribution in [0.15, 0.2) is 22.1 Å². The van der Waals surface area contributed by atoms with Crippen LogP contribution in [-0.4, -0.2) is 24.6 Å². The second-order valence-corrected chi connectivity index (χ2v) is 10.00. The number of hydrogen-bond acceptors (Lipinski definition) is 4. The van der Waals surface area contributed by atoms with Gasteiger partial charge in [-0.25, -0.2) is 0 Å². The second-order valence-electron chi connectivity index (χ2n) is 9.02. The summed E-state index contributed by atoms with van der Waals surface area (Å²) in [6.07, 6.45) is 6.30. The monoisotopic (exact) mass is 390 g/mol. The highest BCUT2D eigenvalue weighted by molar-refractivity contribution is 8.02. The van der Waals surface area contributed by atoms with Crippen LogP contribution in [0.1, 0.15) is 72.6 Å². The number of ketones is 1. The SMILES string of the molecule is CCCS/C=C1\CC[C@@H]2C3=C(C(C)C)CC[C@]3(C(=O)OC)CC[C@@]2(C)C1=O. The van der Waals surface area contributed by atoms with Crippen LogP contribution in [-0.2, 0) is 14.3 Å². The highest BCUT2D eigenvalue weighted by Gasteiger charge is 2.61. The predicted molar refractivity (Wildman–Crippen MR) is 111 cm³/mol. The van der Waals surface area contributed by atoms with E-state index in [2.05, 4.69) is 33.1 Å². The fourth-order valence-corrected chi connectivity index (χ4v) is 6.50. The minimum Gasteiger partial charge on any atom is -0.468 e. The van der Waals surface area contributed by atoms with Gasteiger partial charge in [0.2, 0.25) is 0 Å². The molecule has 27 heavy (non-hydrogen) atoms. The Hall–Kier alpha value is -1.03. The van der Waals surface area contributed by atoms with Gasteiger partial charge in [-0.3, -0.25) is 9.59 Å². The quantitative estimate of drug-likeness (QED) is 0.261. The molecule has 3 atom stereocenters. The largest absolute Gasteiger partial charge is 0.468 e. The van der Waals surface area contributed by atoms with Crippen LogP contribution in [0.3, 0.4) is 0 Å². The Morgan fingerprint density at radius 1 is 1.30 bits per heavy atom. The number of fused-ring (bicyclic) bond motifs is 3. The zero-order chi connectivity index (χ0) is 19.8. The number of carbonyl (C=O) groups is 2. The molecule has 3 rings (SSSR count). The Morgan fingerprint density at radius 3 is 2.67 bits per heavy atom. The fraction of sp³-hybridized carbons (Fsp3) is 0.739. The van der Waals surface area contributed by atoms with Crippen LogP contribution >= 0.6 is 11.8 Å². The molecule has 0 heterocycles. The molecule has 150 valence electrons. The van der Waals surface area contributed by atoms with Crippen molar-refractivity contribution >= 4 is 23.5 Å². The summed E-state index contributed by atoms with van der Waals surface area (Å²) in [7, 11) is 1.51. The van der Waals surface area contributed by atoms with Crippen molar-refractivity contribution in [1.82, 2.24) is 0 Å². The van der Waals surface area contributed by atoms with E-state index in [1.165, 1.54) is 18.3 Å². The van der Waals surface area contributed by atoms with Gasteiger partial charge in [-0.1, -0.05) is 33.3 Å². The summed E-state index contributed by atoms with van der Waals surface area (Å²) in [6.45, 7) is 8.76. The van der Waals surface area contributed by atoms with E-state index >= 15 is 0 Å². The van der Waals surface area contributed by atoms with Crippen molar-refractivity contribution in [3.63, 3.8) is 0 Å². The molecule has 3 aliphatic rings. The predicted octanol–water partition coefficient (Wildman–Crippen LogP) is 5.70. The van der Waals surface area contributed by atoms with Gasteiger partial charge in [0.25, 0.3) is 0 Å². The van der Waals surface area contributed by atoms with Crippen molar-refractivity contribution in [1.29, 1.82) is 0 Å². The molecular weight excluding hydrogens is 356 g/mol. The van der Waals surface area contributed by atoms with E-state index in [1.54, 1.807) is 11.8 Å². The van der Waals surface area contributed by atoms with E-state index in [4.69, 9.17) is 4.74 Å². The first-order valence-electron chi connectivity index (χ1n) is 10.5. The number of methoxy groups -OCH3 is 1. The molecule has 0 unspecified atom stereocenters. The smallest absolute Gasteiger partial charge is 0.315 e. The summed E-state index contributed by atoms with van der Waals surface area (Å²) < 4.78 is 5.28. The molecule has 0 N–H and O–H groups in total. The van der Waals surface area contributed by atoms with Gasteiger partial charge in [0.1, 0.15) is 0 Å². The molecule has 0 aromatic rings. The molecule has 0 radical (unpaired) electrons. The van der Waals surface area contributed by atoms with Crippen molar-refractivity contribution in [3.05, 3.63) is 22.1 Å². The van der Waals surface area contributed by atoms with Gasteiger partial charge in [-0.2, -0.15) is 0 Å². The Morgan fingerprint density at radius 2 is 2.04 bits per heavy atom. The molecule has 0 amide bonds. The van der Waals surface area contributed by atoms with Crippen LogP contribution in [0.4, 0.5) is 0 Å². The van der Waals surface area contributed by atoms with Gasteiger partial charge in [0.05, 0.1) is 12.5 Å². The number of ether oxygens (including phenoxy) is 1. The molecule has 2 saturated carbocycles. The Labute approximate surface area is 168 Å². The molecule has 0 saturated heterocycles. The molecular formula is C23H34O3S. The lowest BCUT2D eigenvalue weighted by atomic mass is 9.51. The summed E-state index contributed by atoms with van der Waals surface area (Å²) in [5, 5.41) is 2.11. The van der Waals surface area contributed by atoms with Crippen LogP contribution < -0.4 is 0 Å². The average Bonchev–Trinajstić information content (AvgIpc) is 3.05. The summed E-state index contributed by atoms with van der Waals surface area (Å²) in [6, 6.07) is 0. The molecule has 3 nitrogen and oxygen atoms in total. The fourth-order valence-electron chi connectivity index (χ4n) is 5.72. The third-order valence-corrected chi connectivity index (χ3v) is 8.30. The van der Waals surface area contributed by atoms with Crippen LogP contribution in [0.5, 0.6) is 0 Å². The van der Waals surface area contributed by atoms with Crippen molar-refractivity contribution in [2.75, 3.05) is 12.9 Å². The van der Waals surface area contributed by atoms with Crippen molar-refractivity contribution in [2.45, 2.75) is 72.6 Å². The van der Waals surface area contributed by atoms with Gasteiger partial charge < -0.3 is 4.74 Å². The van der Waals surface area contributed by atoms with Gasteiger partial charge in [0.15, 0.2) is 5.78 Å². The molecule has 2 fully saturated rings. The Balaban J connectivity index is 2.02. The van der Waals surface area contributed by atoms with E-state index in [0.29, 0.717) is 11.7 Å². The summed E-state index contributed by atoms with van der Waals surface area (Å²) >= 11 is 1.77. The number of carbonyl (C=O) groups excluding carboxylic acids is 2. The van der Waals surface area contributed by atoms with Crippen LogP contribution in [0, 0.1) is 22.7 Å². The molecule has 0 bridgehead atoms. The normalized spacial score (nSPS) is 34.8. The van der Waals surface area contributed by atoms with Gasteiger partial charge in [-0.05, 0) is 73.5 Å². The molecule has 0 aliphatic heterocycles. The maximum atomic E-state index is 13.5. The maximum absolute atomic E-state index is 13.5. The maximum Gasteiger partial charge on any atom is 0.315 e. The summed E-state index contributed by atoms with van der Waals surface area (Å²) in [5.74, 6) is 1.91. The van der Waals surface area contributed by atoms with Gasteiger partial charge in [-0.15, -0.1) is 11.8 Å². The molecule has 3 aliphatic carbocycles. The third-order valence-electron chi connectivity index (χ3n) is 7.20. The van der Waals surface area contributed by atoms with Crippen LogP contribution in [0.25, 0.3) is 0 Å². The number of esters is 1. The molecule has 0 spiro atoms. The standard InChI is InChI=1S/C23H34O3S/c1-6-13-27-14-16-7-8-18-19-17(15(2)3)9-10-23(19,21(25)26-5)12-11-22(18,4)20(16)24/h14-15,18H,6-13H2,1-5H3/b16-14+/t18-,22-,23+/m1/s1. The van der Waals surface area contributed by atoms with Crippen molar-refractivity contribution in [2.24, 2.45) is 22.7 Å². The highest BCUT2D eigenvalue weighted by atomic mass is 32.2.